The molecule has 0 radical (unpaired) electrons. The highest BCUT2D eigenvalue weighted by Crippen LogP contribution is 2.52. The Morgan fingerprint density at radius 3 is 2.18 bits per heavy atom. The maximum Gasteiger partial charge on any atom is 0.233 e. The average molecular weight is 303 g/mol. The van der Waals surface area contributed by atoms with E-state index in [-0.39, 0.29) is 23.7 Å². The van der Waals surface area contributed by atoms with Crippen LogP contribution in [0.4, 0.5) is 0 Å². The number of carbonyl (C=O) groups excluding carboxylic acids is 2. The fraction of sp³-hybridized carbons (Fsp3) is 0.789. The van der Waals surface area contributed by atoms with Crippen molar-refractivity contribution in [3.8, 4) is 0 Å². The van der Waals surface area contributed by atoms with Crippen molar-refractivity contribution in [2.45, 2.75) is 58.8 Å². The van der Waals surface area contributed by atoms with Crippen LogP contribution in [0.2, 0.25) is 0 Å². The molecule has 122 valence electrons. The van der Waals surface area contributed by atoms with E-state index < -0.39 is 0 Å². The standard InChI is InChI=1S/C19H29NO2/c1-3-5-7-13(4-2)8-6-11-20-18(21)16-14-9-10-15(12-14)17(16)19(20)22/h9-10,13-17H,3-8,11-12H2,1-2H3. The van der Waals surface area contributed by atoms with Crippen molar-refractivity contribution in [3.63, 3.8) is 0 Å². The number of nitrogens with zero attached hydrogens (tertiary/aromatic N) is 1. The van der Waals surface area contributed by atoms with Gasteiger partial charge in [-0.05, 0) is 37.0 Å². The predicted molar refractivity (Wildman–Crippen MR) is 87.0 cm³/mol. The summed E-state index contributed by atoms with van der Waals surface area (Å²) in [4.78, 5) is 26.7. The average Bonchev–Trinajstić information content (AvgIpc) is 3.19. The van der Waals surface area contributed by atoms with Gasteiger partial charge in [-0.2, -0.15) is 0 Å². The maximum atomic E-state index is 12.6. The first kappa shape index (κ1) is 15.8. The number of amides is 2. The van der Waals surface area contributed by atoms with E-state index in [4.69, 9.17) is 0 Å². The highest BCUT2D eigenvalue weighted by molar-refractivity contribution is 6.06. The van der Waals surface area contributed by atoms with Crippen molar-refractivity contribution in [1.82, 2.24) is 4.90 Å². The lowest BCUT2D eigenvalue weighted by atomic mass is 9.85. The van der Waals surface area contributed by atoms with Gasteiger partial charge in [0.2, 0.25) is 11.8 Å². The van der Waals surface area contributed by atoms with Gasteiger partial charge >= 0.3 is 0 Å². The molecule has 3 aliphatic rings. The van der Waals surface area contributed by atoms with Crippen molar-refractivity contribution >= 4 is 11.8 Å². The number of hydrogen-bond acceptors (Lipinski definition) is 2. The minimum atomic E-state index is -0.0236. The molecule has 1 heterocycles. The highest BCUT2D eigenvalue weighted by Gasteiger charge is 2.58. The zero-order valence-corrected chi connectivity index (χ0v) is 14.0. The molecule has 0 spiro atoms. The Hall–Kier alpha value is -1.12. The Morgan fingerprint density at radius 1 is 1.05 bits per heavy atom. The van der Waals surface area contributed by atoms with Gasteiger partial charge in [-0.3, -0.25) is 14.5 Å². The molecule has 0 aromatic carbocycles. The van der Waals surface area contributed by atoms with Crippen molar-refractivity contribution < 1.29 is 9.59 Å². The Balaban J connectivity index is 1.52. The normalized spacial score (nSPS) is 33.8. The monoisotopic (exact) mass is 303 g/mol. The smallest absolute Gasteiger partial charge is 0.233 e. The summed E-state index contributed by atoms with van der Waals surface area (Å²) in [6, 6.07) is 0. The number of likely N-dealkylation sites (tertiary alicyclic amines) is 1. The van der Waals surface area contributed by atoms with Crippen LogP contribution in [0.5, 0.6) is 0 Å². The van der Waals surface area contributed by atoms with Gasteiger partial charge in [0.25, 0.3) is 0 Å². The van der Waals surface area contributed by atoms with Crippen LogP contribution in [-0.4, -0.2) is 23.3 Å². The second kappa shape index (κ2) is 6.55. The lowest BCUT2D eigenvalue weighted by Crippen LogP contribution is -2.34. The molecule has 2 fully saturated rings. The molecule has 3 nitrogen and oxygen atoms in total. The summed E-state index contributed by atoms with van der Waals surface area (Å²) < 4.78 is 0. The molecular formula is C19H29NO2. The molecule has 5 unspecified atom stereocenters. The molecular weight excluding hydrogens is 274 g/mol. The Kier molecular flexibility index (Phi) is 4.70. The van der Waals surface area contributed by atoms with Crippen LogP contribution >= 0.6 is 0 Å². The van der Waals surface area contributed by atoms with Crippen LogP contribution in [0.25, 0.3) is 0 Å². The van der Waals surface area contributed by atoms with Crippen LogP contribution in [0.1, 0.15) is 58.8 Å². The molecule has 1 saturated carbocycles. The maximum absolute atomic E-state index is 12.6. The number of rotatable bonds is 8. The summed E-state index contributed by atoms with van der Waals surface area (Å²) in [6.07, 6.45) is 12.5. The lowest BCUT2D eigenvalue weighted by Gasteiger charge is -2.19. The van der Waals surface area contributed by atoms with Crippen molar-refractivity contribution in [2.75, 3.05) is 6.54 Å². The molecule has 1 saturated heterocycles. The number of hydrogen-bond donors (Lipinski definition) is 0. The minimum absolute atomic E-state index is 0.0236. The van der Waals surface area contributed by atoms with E-state index in [0.717, 1.165) is 25.2 Å². The first-order chi connectivity index (χ1) is 10.7. The molecule has 5 atom stereocenters. The van der Waals surface area contributed by atoms with Gasteiger partial charge in [-0.25, -0.2) is 0 Å². The third kappa shape index (κ3) is 2.63. The largest absolute Gasteiger partial charge is 0.282 e. The van der Waals surface area contributed by atoms with Gasteiger partial charge in [0.1, 0.15) is 0 Å². The number of allylic oxidation sites excluding steroid dienone is 2. The molecule has 22 heavy (non-hydrogen) atoms. The van der Waals surface area contributed by atoms with Crippen LogP contribution in [0.3, 0.4) is 0 Å². The molecule has 2 aliphatic carbocycles. The lowest BCUT2D eigenvalue weighted by molar-refractivity contribution is -0.140. The van der Waals surface area contributed by atoms with E-state index in [2.05, 4.69) is 26.0 Å². The number of carbonyl (C=O) groups is 2. The van der Waals surface area contributed by atoms with Crippen molar-refractivity contribution in [2.24, 2.45) is 29.6 Å². The molecule has 2 amide bonds. The zero-order valence-electron chi connectivity index (χ0n) is 14.0. The van der Waals surface area contributed by atoms with Gasteiger partial charge in [0.15, 0.2) is 0 Å². The van der Waals surface area contributed by atoms with Gasteiger partial charge in [-0.1, -0.05) is 51.7 Å². The molecule has 0 aromatic heterocycles. The Morgan fingerprint density at radius 2 is 1.64 bits per heavy atom. The second-order valence-electron chi connectivity index (χ2n) is 7.39. The predicted octanol–water partition coefficient (Wildman–Crippen LogP) is 3.79. The fourth-order valence-electron chi connectivity index (χ4n) is 4.77. The summed E-state index contributed by atoms with van der Waals surface area (Å²) in [5.74, 6) is 1.62. The quantitative estimate of drug-likeness (QED) is 0.505. The van der Waals surface area contributed by atoms with E-state index >= 15 is 0 Å². The van der Waals surface area contributed by atoms with Crippen LogP contribution in [-0.2, 0) is 9.59 Å². The topological polar surface area (TPSA) is 37.4 Å². The van der Waals surface area contributed by atoms with Gasteiger partial charge in [0.05, 0.1) is 11.8 Å². The van der Waals surface area contributed by atoms with E-state index in [1.807, 2.05) is 0 Å². The van der Waals surface area contributed by atoms with E-state index in [1.54, 1.807) is 4.90 Å². The van der Waals surface area contributed by atoms with E-state index in [9.17, 15) is 9.59 Å². The number of fused-ring (bicyclic) bond motifs is 5. The third-order valence-electron chi connectivity index (χ3n) is 6.10. The molecule has 1 aliphatic heterocycles. The SMILES string of the molecule is CCCCC(CC)CCCN1C(=O)C2C3C=CC(C3)C2C1=O. The molecule has 3 heteroatoms. The van der Waals surface area contributed by atoms with E-state index in [1.165, 1.54) is 25.7 Å². The fourth-order valence-corrected chi connectivity index (χ4v) is 4.77. The molecule has 0 N–H and O–H groups in total. The highest BCUT2D eigenvalue weighted by atomic mass is 16.2. The van der Waals surface area contributed by atoms with Crippen LogP contribution < -0.4 is 0 Å². The van der Waals surface area contributed by atoms with Gasteiger partial charge in [-0.15, -0.1) is 0 Å². The summed E-state index contributed by atoms with van der Waals surface area (Å²) in [5.41, 5.74) is 0. The first-order valence-corrected chi connectivity index (χ1v) is 9.20. The molecule has 2 bridgehead atoms. The zero-order chi connectivity index (χ0) is 15.7. The first-order valence-electron chi connectivity index (χ1n) is 9.20. The van der Waals surface area contributed by atoms with Crippen LogP contribution in [0.15, 0.2) is 12.2 Å². The summed E-state index contributed by atoms with van der Waals surface area (Å²) >= 11 is 0. The molecule has 0 aromatic rings. The molecule has 3 rings (SSSR count). The summed E-state index contributed by atoms with van der Waals surface area (Å²) in [6.45, 7) is 5.13. The van der Waals surface area contributed by atoms with Crippen molar-refractivity contribution in [3.05, 3.63) is 12.2 Å². The second-order valence-corrected chi connectivity index (χ2v) is 7.39. The summed E-state index contributed by atoms with van der Waals surface area (Å²) in [7, 11) is 0. The Labute approximate surface area is 134 Å². The van der Waals surface area contributed by atoms with E-state index in [0.29, 0.717) is 18.4 Å². The number of unbranched alkanes of at least 4 members (excludes halogenated alkanes) is 1. The summed E-state index contributed by atoms with van der Waals surface area (Å²) in [5, 5.41) is 0. The minimum Gasteiger partial charge on any atom is -0.282 e. The van der Waals surface area contributed by atoms with Gasteiger partial charge < -0.3 is 0 Å². The third-order valence-corrected chi connectivity index (χ3v) is 6.10. The van der Waals surface area contributed by atoms with Crippen LogP contribution in [0, 0.1) is 29.6 Å². The van der Waals surface area contributed by atoms with Crippen molar-refractivity contribution in [1.29, 1.82) is 0 Å². The number of imide groups is 1. The van der Waals surface area contributed by atoms with Gasteiger partial charge in [0, 0.05) is 6.54 Å². The Bertz CT molecular complexity index is 440.